The third-order valence-corrected chi connectivity index (χ3v) is 2.36. The number of hydrogen-bond acceptors (Lipinski definition) is 4. The van der Waals surface area contributed by atoms with Gasteiger partial charge in [-0.2, -0.15) is 0 Å². The Bertz CT molecular complexity index is 342. The van der Waals surface area contributed by atoms with Gasteiger partial charge in [0.1, 0.15) is 6.26 Å². The summed E-state index contributed by atoms with van der Waals surface area (Å²) >= 11 is 0. The van der Waals surface area contributed by atoms with Gasteiger partial charge in [0.25, 0.3) is 0 Å². The molecule has 1 fully saturated rings. The standard InChI is InChI=1S/C9H12N2O3/c1-6-10-8(5-14-6)4-11-2-7(3-11)9(12)13/h5,7H,2-4H2,1H3,(H,12,13). The molecule has 0 aliphatic carbocycles. The van der Waals surface area contributed by atoms with Gasteiger partial charge in [-0.25, -0.2) is 4.98 Å². The van der Waals surface area contributed by atoms with E-state index in [-0.39, 0.29) is 5.92 Å². The topological polar surface area (TPSA) is 66.6 Å². The number of likely N-dealkylation sites (tertiary alicyclic amines) is 1. The summed E-state index contributed by atoms with van der Waals surface area (Å²) in [4.78, 5) is 16.7. The van der Waals surface area contributed by atoms with Crippen LogP contribution in [0.25, 0.3) is 0 Å². The van der Waals surface area contributed by atoms with Crippen molar-refractivity contribution >= 4 is 5.97 Å². The SMILES string of the molecule is Cc1nc(CN2CC(C(=O)O)C2)co1. The summed E-state index contributed by atoms with van der Waals surface area (Å²) in [7, 11) is 0. The molecule has 5 heteroatoms. The predicted molar refractivity (Wildman–Crippen MR) is 47.6 cm³/mol. The molecule has 1 aliphatic rings. The van der Waals surface area contributed by atoms with Gasteiger partial charge in [0.2, 0.25) is 0 Å². The van der Waals surface area contributed by atoms with Gasteiger partial charge in [0.15, 0.2) is 5.89 Å². The van der Waals surface area contributed by atoms with Gasteiger partial charge in [-0.05, 0) is 0 Å². The molecule has 5 nitrogen and oxygen atoms in total. The van der Waals surface area contributed by atoms with Gasteiger partial charge in [-0.1, -0.05) is 0 Å². The Morgan fingerprint density at radius 2 is 2.50 bits per heavy atom. The monoisotopic (exact) mass is 196 g/mol. The maximum atomic E-state index is 10.5. The van der Waals surface area contributed by atoms with Crippen LogP contribution in [-0.4, -0.2) is 34.0 Å². The molecule has 14 heavy (non-hydrogen) atoms. The number of carbonyl (C=O) groups is 1. The van der Waals surface area contributed by atoms with E-state index in [1.165, 1.54) is 0 Å². The molecule has 1 saturated heterocycles. The molecule has 0 radical (unpaired) electrons. The number of aliphatic carboxylic acids is 1. The Labute approximate surface area is 81.3 Å². The fourth-order valence-corrected chi connectivity index (χ4v) is 1.57. The van der Waals surface area contributed by atoms with Crippen LogP contribution in [0.5, 0.6) is 0 Å². The van der Waals surface area contributed by atoms with E-state index in [0.717, 1.165) is 5.69 Å². The van der Waals surface area contributed by atoms with E-state index < -0.39 is 5.97 Å². The number of nitrogens with zero attached hydrogens (tertiary/aromatic N) is 2. The van der Waals surface area contributed by atoms with Crippen LogP contribution >= 0.6 is 0 Å². The normalized spacial score (nSPS) is 18.1. The predicted octanol–water partition coefficient (Wildman–Crippen LogP) is 0.499. The first-order valence-corrected chi connectivity index (χ1v) is 4.51. The van der Waals surface area contributed by atoms with E-state index in [1.54, 1.807) is 13.2 Å². The van der Waals surface area contributed by atoms with Crippen LogP contribution in [0.4, 0.5) is 0 Å². The summed E-state index contributed by atoms with van der Waals surface area (Å²) in [5, 5.41) is 8.66. The van der Waals surface area contributed by atoms with Crippen molar-refractivity contribution < 1.29 is 14.3 Å². The summed E-state index contributed by atoms with van der Waals surface area (Å²) in [5.74, 6) is -0.268. The summed E-state index contributed by atoms with van der Waals surface area (Å²) < 4.78 is 5.05. The highest BCUT2D eigenvalue weighted by Crippen LogP contribution is 2.18. The van der Waals surface area contributed by atoms with Crippen LogP contribution in [-0.2, 0) is 11.3 Å². The zero-order valence-corrected chi connectivity index (χ0v) is 7.93. The second kappa shape index (κ2) is 3.42. The van der Waals surface area contributed by atoms with Crippen LogP contribution in [0.1, 0.15) is 11.6 Å². The Kier molecular flexibility index (Phi) is 2.25. The minimum atomic E-state index is -0.711. The quantitative estimate of drug-likeness (QED) is 0.762. The van der Waals surface area contributed by atoms with E-state index in [9.17, 15) is 4.79 Å². The van der Waals surface area contributed by atoms with Crippen molar-refractivity contribution in [2.24, 2.45) is 5.92 Å². The number of carboxylic acid groups (broad SMARTS) is 1. The first kappa shape index (κ1) is 9.21. The first-order chi connectivity index (χ1) is 6.65. The highest BCUT2D eigenvalue weighted by atomic mass is 16.4. The minimum Gasteiger partial charge on any atom is -0.481 e. The maximum absolute atomic E-state index is 10.5. The third kappa shape index (κ3) is 1.77. The lowest BCUT2D eigenvalue weighted by atomic mass is 10.0. The maximum Gasteiger partial charge on any atom is 0.309 e. The van der Waals surface area contributed by atoms with E-state index >= 15 is 0 Å². The fraction of sp³-hybridized carbons (Fsp3) is 0.556. The van der Waals surface area contributed by atoms with Gasteiger partial charge in [-0.15, -0.1) is 0 Å². The van der Waals surface area contributed by atoms with Gasteiger partial charge in [0.05, 0.1) is 11.6 Å². The largest absolute Gasteiger partial charge is 0.481 e. The zero-order valence-electron chi connectivity index (χ0n) is 7.93. The molecule has 1 aromatic heterocycles. The molecule has 0 spiro atoms. The van der Waals surface area contributed by atoms with Crippen LogP contribution in [0, 0.1) is 12.8 Å². The molecule has 2 heterocycles. The van der Waals surface area contributed by atoms with Crippen LogP contribution in [0.3, 0.4) is 0 Å². The lowest BCUT2D eigenvalue weighted by Crippen LogP contribution is -2.49. The molecule has 2 rings (SSSR count). The van der Waals surface area contributed by atoms with Gasteiger partial charge < -0.3 is 9.52 Å². The average molecular weight is 196 g/mol. The Morgan fingerprint density at radius 3 is 3.00 bits per heavy atom. The highest BCUT2D eigenvalue weighted by Gasteiger charge is 2.32. The molecule has 0 aromatic carbocycles. The molecular formula is C9H12N2O3. The van der Waals surface area contributed by atoms with Crippen molar-refractivity contribution in [1.29, 1.82) is 0 Å². The zero-order chi connectivity index (χ0) is 10.1. The van der Waals surface area contributed by atoms with Gasteiger partial charge in [-0.3, -0.25) is 9.69 Å². The molecular weight excluding hydrogens is 184 g/mol. The molecule has 1 aromatic rings. The molecule has 0 atom stereocenters. The lowest BCUT2D eigenvalue weighted by molar-refractivity contribution is -0.147. The van der Waals surface area contributed by atoms with Crippen LogP contribution in [0.2, 0.25) is 0 Å². The molecule has 76 valence electrons. The number of aromatic nitrogens is 1. The Balaban J connectivity index is 1.82. The summed E-state index contributed by atoms with van der Waals surface area (Å²) in [6, 6.07) is 0. The molecule has 0 amide bonds. The second-order valence-electron chi connectivity index (χ2n) is 3.59. The van der Waals surface area contributed by atoms with Crippen molar-refractivity contribution in [3.63, 3.8) is 0 Å². The first-order valence-electron chi connectivity index (χ1n) is 4.51. The number of carboxylic acids is 1. The number of oxazole rings is 1. The molecule has 1 N–H and O–H groups in total. The minimum absolute atomic E-state index is 0.206. The highest BCUT2D eigenvalue weighted by molar-refractivity contribution is 5.71. The Hall–Kier alpha value is -1.36. The van der Waals surface area contributed by atoms with E-state index in [4.69, 9.17) is 9.52 Å². The fourth-order valence-electron chi connectivity index (χ4n) is 1.57. The summed E-state index contributed by atoms with van der Waals surface area (Å²) in [6.45, 7) is 3.70. The Morgan fingerprint density at radius 1 is 1.79 bits per heavy atom. The van der Waals surface area contributed by atoms with E-state index in [1.807, 2.05) is 4.90 Å². The smallest absolute Gasteiger partial charge is 0.309 e. The number of rotatable bonds is 3. The van der Waals surface area contributed by atoms with Crippen LogP contribution in [0.15, 0.2) is 10.7 Å². The molecule has 0 saturated carbocycles. The molecule has 0 unspecified atom stereocenters. The van der Waals surface area contributed by atoms with E-state index in [0.29, 0.717) is 25.5 Å². The number of aryl methyl sites for hydroxylation is 1. The lowest BCUT2D eigenvalue weighted by Gasteiger charge is -2.35. The van der Waals surface area contributed by atoms with Crippen molar-refractivity contribution in [3.8, 4) is 0 Å². The number of hydrogen-bond donors (Lipinski definition) is 1. The van der Waals surface area contributed by atoms with Crippen molar-refractivity contribution in [3.05, 3.63) is 17.8 Å². The van der Waals surface area contributed by atoms with Crippen molar-refractivity contribution in [1.82, 2.24) is 9.88 Å². The summed E-state index contributed by atoms with van der Waals surface area (Å²) in [5.41, 5.74) is 0.867. The van der Waals surface area contributed by atoms with Crippen LogP contribution < -0.4 is 0 Å². The summed E-state index contributed by atoms with van der Waals surface area (Å²) in [6.07, 6.45) is 1.61. The van der Waals surface area contributed by atoms with Gasteiger partial charge >= 0.3 is 5.97 Å². The third-order valence-electron chi connectivity index (χ3n) is 2.36. The van der Waals surface area contributed by atoms with Crippen molar-refractivity contribution in [2.75, 3.05) is 13.1 Å². The molecule has 0 bridgehead atoms. The molecule has 1 aliphatic heterocycles. The van der Waals surface area contributed by atoms with Gasteiger partial charge in [0, 0.05) is 26.6 Å². The van der Waals surface area contributed by atoms with E-state index in [2.05, 4.69) is 4.98 Å². The average Bonchev–Trinajstić information content (AvgIpc) is 2.42. The van der Waals surface area contributed by atoms with Crippen molar-refractivity contribution in [2.45, 2.75) is 13.5 Å². The second-order valence-corrected chi connectivity index (χ2v) is 3.59.